The lowest BCUT2D eigenvalue weighted by Gasteiger charge is -2.10. The van der Waals surface area contributed by atoms with Gasteiger partial charge in [-0.3, -0.25) is 0 Å². The number of aromatic nitrogens is 1. The van der Waals surface area contributed by atoms with Crippen LogP contribution in [0.25, 0.3) is 71.6 Å². The molecule has 0 fully saturated rings. The standard InChI is InChI=1S/C40H27N/c1-2-8-28(9-3-1)30-20-23-36(24-21-30)41-39-13-7-6-12-37(39)38-27-35(22-25-40(38)41)32-16-14-31(15-17-32)34-19-18-29-10-4-5-11-33(29)26-34/h1-27H. The van der Waals surface area contributed by atoms with Crippen molar-refractivity contribution in [3.05, 3.63) is 164 Å². The van der Waals surface area contributed by atoms with Gasteiger partial charge >= 0.3 is 0 Å². The van der Waals surface area contributed by atoms with Crippen molar-refractivity contribution in [3.63, 3.8) is 0 Å². The highest BCUT2D eigenvalue weighted by Crippen LogP contribution is 2.36. The lowest BCUT2D eigenvalue weighted by atomic mass is 9.97. The molecule has 0 amide bonds. The maximum atomic E-state index is 2.38. The van der Waals surface area contributed by atoms with Crippen molar-refractivity contribution in [1.29, 1.82) is 0 Å². The summed E-state index contributed by atoms with van der Waals surface area (Å²) in [5.41, 5.74) is 11.0. The Labute approximate surface area is 239 Å². The molecule has 0 spiro atoms. The molecule has 0 aliphatic rings. The Morgan fingerprint density at radius 2 is 0.805 bits per heavy atom. The van der Waals surface area contributed by atoms with E-state index in [0.717, 1.165) is 0 Å². The fourth-order valence-electron chi connectivity index (χ4n) is 6.09. The van der Waals surface area contributed by atoms with Gasteiger partial charge in [-0.05, 0) is 80.6 Å². The molecule has 1 nitrogen and oxygen atoms in total. The smallest absolute Gasteiger partial charge is 0.0541 e. The molecule has 0 saturated heterocycles. The first-order chi connectivity index (χ1) is 20.3. The highest BCUT2D eigenvalue weighted by Gasteiger charge is 2.13. The third kappa shape index (κ3) is 4.11. The van der Waals surface area contributed by atoms with Gasteiger partial charge in [0.1, 0.15) is 0 Å². The van der Waals surface area contributed by atoms with Crippen LogP contribution in [-0.4, -0.2) is 4.57 Å². The minimum Gasteiger partial charge on any atom is -0.309 e. The second-order valence-electron chi connectivity index (χ2n) is 10.6. The Morgan fingerprint density at radius 1 is 0.293 bits per heavy atom. The van der Waals surface area contributed by atoms with Crippen molar-refractivity contribution in [3.8, 4) is 39.1 Å². The fraction of sp³-hybridized carbons (Fsp3) is 0. The van der Waals surface area contributed by atoms with Crippen molar-refractivity contribution < 1.29 is 0 Å². The molecule has 1 aromatic heterocycles. The van der Waals surface area contributed by atoms with Gasteiger partial charge < -0.3 is 4.57 Å². The zero-order chi connectivity index (χ0) is 27.2. The molecule has 1 heterocycles. The molecule has 41 heavy (non-hydrogen) atoms. The van der Waals surface area contributed by atoms with Gasteiger partial charge in [-0.1, -0.05) is 127 Å². The number of nitrogens with zero attached hydrogens (tertiary/aromatic N) is 1. The maximum Gasteiger partial charge on any atom is 0.0541 e. The van der Waals surface area contributed by atoms with Crippen LogP contribution in [-0.2, 0) is 0 Å². The molecule has 0 radical (unpaired) electrons. The summed E-state index contributed by atoms with van der Waals surface area (Å²) >= 11 is 0. The van der Waals surface area contributed by atoms with Gasteiger partial charge in [0.25, 0.3) is 0 Å². The third-order valence-corrected chi connectivity index (χ3v) is 8.21. The second kappa shape index (κ2) is 9.66. The Morgan fingerprint density at radius 3 is 1.59 bits per heavy atom. The van der Waals surface area contributed by atoms with Crippen LogP contribution in [0.1, 0.15) is 0 Å². The number of rotatable bonds is 4. The molecule has 0 N–H and O–H groups in total. The molecule has 8 rings (SSSR count). The molecule has 0 aliphatic carbocycles. The normalized spacial score (nSPS) is 11.4. The zero-order valence-electron chi connectivity index (χ0n) is 22.5. The predicted octanol–water partition coefficient (Wildman–Crippen LogP) is 10.9. The molecule has 7 aromatic carbocycles. The Balaban J connectivity index is 1.18. The topological polar surface area (TPSA) is 4.93 Å². The Bertz CT molecular complexity index is 2170. The van der Waals surface area contributed by atoms with Gasteiger partial charge in [0, 0.05) is 16.5 Å². The van der Waals surface area contributed by atoms with E-state index < -0.39 is 0 Å². The average Bonchev–Trinajstić information content (AvgIpc) is 3.39. The number of hydrogen-bond donors (Lipinski definition) is 0. The number of para-hydroxylation sites is 1. The first kappa shape index (κ1) is 23.5. The fourth-order valence-corrected chi connectivity index (χ4v) is 6.09. The molecular formula is C40H27N. The SMILES string of the molecule is c1ccc(-c2ccc(-n3c4ccccc4c4cc(-c5ccc(-c6ccc7ccccc7c6)cc5)ccc43)cc2)cc1. The summed E-state index contributed by atoms with van der Waals surface area (Å²) in [6.45, 7) is 0. The average molecular weight is 522 g/mol. The van der Waals surface area contributed by atoms with E-state index in [-0.39, 0.29) is 0 Å². The summed E-state index contributed by atoms with van der Waals surface area (Å²) in [7, 11) is 0. The first-order valence-electron chi connectivity index (χ1n) is 14.1. The van der Waals surface area contributed by atoms with Crippen molar-refractivity contribution in [1.82, 2.24) is 4.57 Å². The molecule has 8 aromatic rings. The summed E-state index contributed by atoms with van der Waals surface area (Å²) in [5, 5.41) is 5.08. The zero-order valence-corrected chi connectivity index (χ0v) is 22.5. The van der Waals surface area contributed by atoms with Crippen LogP contribution in [0, 0.1) is 0 Å². The van der Waals surface area contributed by atoms with E-state index in [0.29, 0.717) is 0 Å². The lowest BCUT2D eigenvalue weighted by molar-refractivity contribution is 1.18. The second-order valence-corrected chi connectivity index (χ2v) is 10.6. The van der Waals surface area contributed by atoms with Gasteiger partial charge in [0.05, 0.1) is 11.0 Å². The molecule has 0 unspecified atom stereocenters. The van der Waals surface area contributed by atoms with E-state index in [9.17, 15) is 0 Å². The maximum absolute atomic E-state index is 2.38. The summed E-state index contributed by atoms with van der Waals surface area (Å²) in [5.74, 6) is 0. The molecule has 0 bridgehead atoms. The highest BCUT2D eigenvalue weighted by molar-refractivity contribution is 6.10. The van der Waals surface area contributed by atoms with Crippen molar-refractivity contribution >= 4 is 32.6 Å². The van der Waals surface area contributed by atoms with Gasteiger partial charge in [-0.25, -0.2) is 0 Å². The molecular weight excluding hydrogens is 494 g/mol. The summed E-state index contributed by atoms with van der Waals surface area (Å²) < 4.78 is 2.38. The summed E-state index contributed by atoms with van der Waals surface area (Å²) in [4.78, 5) is 0. The molecule has 1 heteroatoms. The van der Waals surface area contributed by atoms with Gasteiger partial charge in [0.2, 0.25) is 0 Å². The van der Waals surface area contributed by atoms with Crippen LogP contribution in [0.3, 0.4) is 0 Å². The van der Waals surface area contributed by atoms with Crippen molar-refractivity contribution in [2.24, 2.45) is 0 Å². The Kier molecular flexibility index (Phi) is 5.53. The van der Waals surface area contributed by atoms with Crippen LogP contribution < -0.4 is 0 Å². The molecule has 0 atom stereocenters. The lowest BCUT2D eigenvalue weighted by Crippen LogP contribution is -1.93. The minimum atomic E-state index is 1.17. The van der Waals surface area contributed by atoms with E-state index in [1.54, 1.807) is 0 Å². The van der Waals surface area contributed by atoms with E-state index >= 15 is 0 Å². The highest BCUT2D eigenvalue weighted by atomic mass is 15.0. The van der Waals surface area contributed by atoms with Crippen LogP contribution >= 0.6 is 0 Å². The predicted molar refractivity (Wildman–Crippen MR) is 175 cm³/mol. The Hall–Kier alpha value is -5.40. The van der Waals surface area contributed by atoms with Crippen LogP contribution in [0.15, 0.2) is 164 Å². The van der Waals surface area contributed by atoms with Crippen LogP contribution in [0.5, 0.6) is 0 Å². The molecule has 0 aliphatic heterocycles. The van der Waals surface area contributed by atoms with E-state index in [4.69, 9.17) is 0 Å². The van der Waals surface area contributed by atoms with E-state index in [1.165, 1.54) is 71.6 Å². The molecule has 192 valence electrons. The number of fused-ring (bicyclic) bond motifs is 4. The summed E-state index contributed by atoms with van der Waals surface area (Å²) in [6, 6.07) is 59.2. The first-order valence-corrected chi connectivity index (χ1v) is 14.1. The monoisotopic (exact) mass is 521 g/mol. The number of hydrogen-bond acceptors (Lipinski definition) is 0. The summed E-state index contributed by atoms with van der Waals surface area (Å²) in [6.07, 6.45) is 0. The van der Waals surface area contributed by atoms with Crippen LogP contribution in [0.4, 0.5) is 0 Å². The quantitative estimate of drug-likeness (QED) is 0.217. The minimum absolute atomic E-state index is 1.17. The van der Waals surface area contributed by atoms with E-state index in [1.807, 2.05) is 0 Å². The largest absolute Gasteiger partial charge is 0.309 e. The van der Waals surface area contributed by atoms with Crippen molar-refractivity contribution in [2.75, 3.05) is 0 Å². The van der Waals surface area contributed by atoms with Gasteiger partial charge in [-0.15, -0.1) is 0 Å². The molecule has 0 saturated carbocycles. The van der Waals surface area contributed by atoms with Gasteiger partial charge in [0.15, 0.2) is 0 Å². The van der Waals surface area contributed by atoms with Crippen molar-refractivity contribution in [2.45, 2.75) is 0 Å². The van der Waals surface area contributed by atoms with Gasteiger partial charge in [-0.2, -0.15) is 0 Å². The van der Waals surface area contributed by atoms with Crippen LogP contribution in [0.2, 0.25) is 0 Å². The van der Waals surface area contributed by atoms with E-state index in [2.05, 4.69) is 168 Å². The third-order valence-electron chi connectivity index (χ3n) is 8.21. The number of benzene rings is 7.